The minimum absolute atomic E-state index is 0.632. The standard InChI is InChI=1S/C14H21N3/c1-4-15-10-12-13-7-5-6-8-17(13)14(16-12)9-11(2)3/h5-8,11,15H,4,9-10H2,1-3H3. The lowest BCUT2D eigenvalue weighted by atomic mass is 10.1. The Morgan fingerprint density at radius 1 is 1.35 bits per heavy atom. The van der Waals surface area contributed by atoms with Gasteiger partial charge in [-0.2, -0.15) is 0 Å². The summed E-state index contributed by atoms with van der Waals surface area (Å²) in [4.78, 5) is 4.77. The van der Waals surface area contributed by atoms with Crippen molar-refractivity contribution >= 4 is 5.52 Å². The first-order valence-corrected chi connectivity index (χ1v) is 6.38. The second-order valence-electron chi connectivity index (χ2n) is 4.81. The number of hydrogen-bond donors (Lipinski definition) is 1. The van der Waals surface area contributed by atoms with Crippen molar-refractivity contribution in [2.75, 3.05) is 6.54 Å². The largest absolute Gasteiger partial charge is 0.311 e. The Morgan fingerprint density at radius 3 is 2.88 bits per heavy atom. The number of fused-ring (bicyclic) bond motifs is 1. The van der Waals surface area contributed by atoms with E-state index in [1.807, 2.05) is 0 Å². The summed E-state index contributed by atoms with van der Waals surface area (Å²) in [6.07, 6.45) is 3.13. The highest BCUT2D eigenvalue weighted by molar-refractivity contribution is 5.53. The lowest BCUT2D eigenvalue weighted by Gasteiger charge is -2.03. The second-order valence-corrected chi connectivity index (χ2v) is 4.81. The van der Waals surface area contributed by atoms with Crippen LogP contribution in [0, 0.1) is 5.92 Å². The van der Waals surface area contributed by atoms with Gasteiger partial charge in [0.05, 0.1) is 11.2 Å². The Kier molecular flexibility index (Phi) is 3.79. The van der Waals surface area contributed by atoms with Gasteiger partial charge in [0.15, 0.2) is 0 Å². The molecule has 0 atom stereocenters. The molecule has 0 saturated heterocycles. The van der Waals surface area contributed by atoms with Gasteiger partial charge in [0, 0.05) is 19.2 Å². The Labute approximate surface area is 103 Å². The molecule has 0 amide bonds. The lowest BCUT2D eigenvalue weighted by molar-refractivity contribution is 0.616. The van der Waals surface area contributed by atoms with Gasteiger partial charge in [0.25, 0.3) is 0 Å². The van der Waals surface area contributed by atoms with Crippen molar-refractivity contribution in [2.24, 2.45) is 5.92 Å². The number of imidazole rings is 1. The third-order valence-corrected chi connectivity index (χ3v) is 2.83. The number of rotatable bonds is 5. The molecule has 0 bridgehead atoms. The number of nitrogens with zero attached hydrogens (tertiary/aromatic N) is 2. The van der Waals surface area contributed by atoms with Crippen molar-refractivity contribution in [1.82, 2.24) is 14.7 Å². The summed E-state index contributed by atoms with van der Waals surface area (Å²) in [5, 5.41) is 3.35. The van der Waals surface area contributed by atoms with Gasteiger partial charge in [-0.3, -0.25) is 0 Å². The van der Waals surface area contributed by atoms with Gasteiger partial charge in [-0.25, -0.2) is 4.98 Å². The van der Waals surface area contributed by atoms with Crippen LogP contribution in [0.4, 0.5) is 0 Å². The molecule has 2 aromatic heterocycles. The van der Waals surface area contributed by atoms with E-state index in [-0.39, 0.29) is 0 Å². The van der Waals surface area contributed by atoms with Crippen LogP contribution in [0.3, 0.4) is 0 Å². The number of nitrogens with one attached hydrogen (secondary N) is 1. The first-order valence-electron chi connectivity index (χ1n) is 6.38. The van der Waals surface area contributed by atoms with Crippen LogP contribution in [0.25, 0.3) is 5.52 Å². The summed E-state index contributed by atoms with van der Waals surface area (Å²) < 4.78 is 2.21. The summed E-state index contributed by atoms with van der Waals surface area (Å²) >= 11 is 0. The molecule has 2 heterocycles. The van der Waals surface area contributed by atoms with E-state index < -0.39 is 0 Å². The van der Waals surface area contributed by atoms with E-state index in [1.54, 1.807) is 0 Å². The topological polar surface area (TPSA) is 29.3 Å². The number of aromatic nitrogens is 2. The van der Waals surface area contributed by atoms with Crippen LogP contribution in [0.5, 0.6) is 0 Å². The molecule has 0 aliphatic rings. The van der Waals surface area contributed by atoms with Gasteiger partial charge in [0.2, 0.25) is 0 Å². The highest BCUT2D eigenvalue weighted by Crippen LogP contribution is 2.15. The molecular weight excluding hydrogens is 210 g/mol. The van der Waals surface area contributed by atoms with Crippen LogP contribution in [0.1, 0.15) is 32.3 Å². The zero-order chi connectivity index (χ0) is 12.3. The smallest absolute Gasteiger partial charge is 0.113 e. The maximum absolute atomic E-state index is 4.77. The molecule has 0 radical (unpaired) electrons. The molecule has 0 saturated carbocycles. The van der Waals surface area contributed by atoms with E-state index in [2.05, 4.69) is 54.9 Å². The normalized spacial score (nSPS) is 11.5. The number of pyridine rings is 1. The van der Waals surface area contributed by atoms with E-state index in [0.29, 0.717) is 5.92 Å². The van der Waals surface area contributed by atoms with Crippen molar-refractivity contribution in [3.8, 4) is 0 Å². The first kappa shape index (κ1) is 12.1. The molecule has 0 aliphatic heterocycles. The predicted molar refractivity (Wildman–Crippen MR) is 71.1 cm³/mol. The quantitative estimate of drug-likeness (QED) is 0.857. The van der Waals surface area contributed by atoms with Gasteiger partial charge in [0.1, 0.15) is 5.82 Å². The van der Waals surface area contributed by atoms with Crippen LogP contribution < -0.4 is 5.32 Å². The molecule has 0 aromatic carbocycles. The van der Waals surface area contributed by atoms with Gasteiger partial charge >= 0.3 is 0 Å². The monoisotopic (exact) mass is 231 g/mol. The summed E-state index contributed by atoms with van der Waals surface area (Å²) in [5.74, 6) is 1.80. The van der Waals surface area contributed by atoms with E-state index in [9.17, 15) is 0 Å². The highest BCUT2D eigenvalue weighted by Gasteiger charge is 2.10. The Bertz CT molecular complexity index is 485. The van der Waals surface area contributed by atoms with Crippen LogP contribution in [0.15, 0.2) is 24.4 Å². The molecule has 2 aromatic rings. The zero-order valence-electron chi connectivity index (χ0n) is 10.9. The van der Waals surface area contributed by atoms with E-state index in [0.717, 1.165) is 25.2 Å². The average Bonchev–Trinajstić information content (AvgIpc) is 2.65. The average molecular weight is 231 g/mol. The predicted octanol–water partition coefficient (Wildman–Crippen LogP) is 2.64. The minimum Gasteiger partial charge on any atom is -0.311 e. The third-order valence-electron chi connectivity index (χ3n) is 2.83. The molecule has 1 N–H and O–H groups in total. The molecule has 0 aliphatic carbocycles. The van der Waals surface area contributed by atoms with E-state index in [1.165, 1.54) is 11.3 Å². The summed E-state index contributed by atoms with van der Waals surface area (Å²) in [7, 11) is 0. The molecule has 3 nitrogen and oxygen atoms in total. The molecule has 17 heavy (non-hydrogen) atoms. The minimum atomic E-state index is 0.632. The van der Waals surface area contributed by atoms with Crippen LogP contribution >= 0.6 is 0 Å². The maximum atomic E-state index is 4.77. The van der Waals surface area contributed by atoms with Crippen molar-refractivity contribution in [2.45, 2.75) is 33.7 Å². The fourth-order valence-electron chi connectivity index (χ4n) is 2.05. The Balaban J connectivity index is 2.39. The summed E-state index contributed by atoms with van der Waals surface area (Å²) in [6.45, 7) is 8.41. The highest BCUT2D eigenvalue weighted by atomic mass is 15.0. The second kappa shape index (κ2) is 5.32. The van der Waals surface area contributed by atoms with E-state index in [4.69, 9.17) is 4.98 Å². The van der Waals surface area contributed by atoms with Crippen LogP contribution in [0.2, 0.25) is 0 Å². The molecule has 3 heteroatoms. The third kappa shape index (κ3) is 2.67. The van der Waals surface area contributed by atoms with Crippen molar-refractivity contribution in [1.29, 1.82) is 0 Å². The van der Waals surface area contributed by atoms with Gasteiger partial charge in [-0.05, 0) is 24.6 Å². The van der Waals surface area contributed by atoms with Crippen LogP contribution in [-0.2, 0) is 13.0 Å². The Hall–Kier alpha value is -1.35. The van der Waals surface area contributed by atoms with Crippen molar-refractivity contribution in [3.63, 3.8) is 0 Å². The van der Waals surface area contributed by atoms with Gasteiger partial charge < -0.3 is 9.72 Å². The Morgan fingerprint density at radius 2 is 2.18 bits per heavy atom. The summed E-state index contributed by atoms with van der Waals surface area (Å²) in [5.41, 5.74) is 2.38. The first-order chi connectivity index (χ1) is 8.22. The van der Waals surface area contributed by atoms with Crippen LogP contribution in [-0.4, -0.2) is 15.9 Å². The molecule has 0 spiro atoms. The SMILES string of the molecule is CCNCc1nc(CC(C)C)n2ccccc12. The zero-order valence-corrected chi connectivity index (χ0v) is 10.9. The van der Waals surface area contributed by atoms with E-state index >= 15 is 0 Å². The van der Waals surface area contributed by atoms with Gasteiger partial charge in [-0.15, -0.1) is 0 Å². The molecule has 0 fully saturated rings. The fraction of sp³-hybridized carbons (Fsp3) is 0.500. The number of hydrogen-bond acceptors (Lipinski definition) is 2. The van der Waals surface area contributed by atoms with Crippen molar-refractivity contribution < 1.29 is 0 Å². The maximum Gasteiger partial charge on any atom is 0.113 e. The molecular formula is C14H21N3. The summed E-state index contributed by atoms with van der Waals surface area (Å²) in [6, 6.07) is 6.28. The van der Waals surface area contributed by atoms with Crippen molar-refractivity contribution in [3.05, 3.63) is 35.9 Å². The fourth-order valence-corrected chi connectivity index (χ4v) is 2.05. The van der Waals surface area contributed by atoms with Gasteiger partial charge in [-0.1, -0.05) is 26.8 Å². The molecule has 0 unspecified atom stereocenters. The molecule has 2 rings (SSSR count). The molecule has 92 valence electrons. The lowest BCUT2D eigenvalue weighted by Crippen LogP contribution is -2.12.